The van der Waals surface area contributed by atoms with E-state index in [1.807, 2.05) is 13.8 Å². The number of nitrogens with zero attached hydrogens (tertiary/aromatic N) is 1. The number of rotatable bonds is 9. The predicted molar refractivity (Wildman–Crippen MR) is 74.4 cm³/mol. The highest BCUT2D eigenvalue weighted by molar-refractivity contribution is 5.85. The molecule has 0 aliphatic rings. The van der Waals surface area contributed by atoms with Crippen molar-refractivity contribution in [1.82, 2.24) is 4.73 Å². The Morgan fingerprint density at radius 2 is 1.90 bits per heavy atom. The second-order valence-electron chi connectivity index (χ2n) is 4.41. The van der Waals surface area contributed by atoms with Gasteiger partial charge in [-0.05, 0) is 12.8 Å². The molecule has 0 aliphatic heterocycles. The van der Waals surface area contributed by atoms with E-state index >= 15 is 0 Å². The van der Waals surface area contributed by atoms with E-state index in [0.717, 1.165) is 36.5 Å². The average molecular weight is 283 g/mol. The third-order valence-electron chi connectivity index (χ3n) is 2.69. The Morgan fingerprint density at radius 1 is 1.25 bits per heavy atom. The molecule has 0 aromatic carbocycles. The van der Waals surface area contributed by atoms with E-state index < -0.39 is 11.4 Å². The molecule has 0 amide bonds. The number of unbranched alkanes of at least 4 members (excludes halogenated alkanes) is 2. The van der Waals surface area contributed by atoms with Crippen molar-refractivity contribution in [3.8, 4) is 5.75 Å². The monoisotopic (exact) mass is 283 g/mol. The van der Waals surface area contributed by atoms with Gasteiger partial charge in [0.25, 0.3) is 0 Å². The van der Waals surface area contributed by atoms with Gasteiger partial charge in [0.05, 0.1) is 12.8 Å². The maximum Gasteiger partial charge on any atom is 0.356 e. The van der Waals surface area contributed by atoms with Crippen molar-refractivity contribution in [3.63, 3.8) is 0 Å². The number of carboxylic acids is 1. The minimum absolute atomic E-state index is 0.111. The first-order valence-corrected chi connectivity index (χ1v) is 6.86. The Morgan fingerprint density at radius 3 is 2.50 bits per heavy atom. The van der Waals surface area contributed by atoms with Crippen molar-refractivity contribution >= 4 is 5.97 Å². The van der Waals surface area contributed by atoms with Crippen LogP contribution in [0, 0.1) is 0 Å². The molecule has 20 heavy (non-hydrogen) atoms. The first-order chi connectivity index (χ1) is 9.60. The number of carbonyl (C=O) groups is 1. The maximum absolute atomic E-state index is 11.8. The van der Waals surface area contributed by atoms with Gasteiger partial charge in [-0.3, -0.25) is 4.79 Å². The summed E-state index contributed by atoms with van der Waals surface area (Å²) in [6.45, 7) is 4.83. The Kier molecular flexibility index (Phi) is 6.63. The maximum atomic E-state index is 11.8. The van der Waals surface area contributed by atoms with E-state index in [0.29, 0.717) is 13.2 Å². The van der Waals surface area contributed by atoms with Gasteiger partial charge in [-0.25, -0.2) is 4.79 Å². The Bertz CT molecular complexity index is 495. The highest BCUT2D eigenvalue weighted by atomic mass is 16.7. The van der Waals surface area contributed by atoms with Gasteiger partial charge in [0.1, 0.15) is 6.61 Å². The fourth-order valence-corrected chi connectivity index (χ4v) is 1.50. The van der Waals surface area contributed by atoms with Crippen LogP contribution in [-0.4, -0.2) is 29.0 Å². The molecule has 0 aliphatic carbocycles. The van der Waals surface area contributed by atoms with Crippen molar-refractivity contribution in [1.29, 1.82) is 0 Å². The van der Waals surface area contributed by atoms with Crippen LogP contribution >= 0.6 is 0 Å². The Hall–Kier alpha value is -1.98. The summed E-state index contributed by atoms with van der Waals surface area (Å²) in [4.78, 5) is 28.2. The molecule has 1 N–H and O–H groups in total. The summed E-state index contributed by atoms with van der Waals surface area (Å²) in [6.07, 6.45) is 4.82. The number of pyridine rings is 1. The lowest BCUT2D eigenvalue weighted by Gasteiger charge is -2.13. The Balaban J connectivity index is 2.94. The quantitative estimate of drug-likeness (QED) is 0.701. The number of aromatic nitrogens is 1. The molecule has 0 saturated heterocycles. The molecule has 6 heteroatoms. The SMILES string of the molecule is CCCCOc1cn(OCCCC)c(C(=O)O)cc1=O. The lowest BCUT2D eigenvalue weighted by atomic mass is 10.3. The van der Waals surface area contributed by atoms with Crippen molar-refractivity contribution in [3.05, 3.63) is 28.2 Å². The standard InChI is InChI=1S/C14H21NO5/c1-3-5-7-19-13-10-15(20-8-6-4-2)11(14(17)18)9-12(13)16/h9-10H,3-8H2,1-2H3,(H,17,18). The van der Waals surface area contributed by atoms with Crippen LogP contribution in [0.2, 0.25) is 0 Å². The number of hydrogen-bond donors (Lipinski definition) is 1. The van der Waals surface area contributed by atoms with E-state index in [-0.39, 0.29) is 11.4 Å². The van der Waals surface area contributed by atoms with E-state index in [2.05, 4.69) is 0 Å². The van der Waals surface area contributed by atoms with E-state index in [1.165, 1.54) is 6.20 Å². The largest absolute Gasteiger partial charge is 0.488 e. The Labute approximate surface area is 117 Å². The first kappa shape index (κ1) is 16.1. The van der Waals surface area contributed by atoms with E-state index in [4.69, 9.17) is 14.7 Å². The van der Waals surface area contributed by atoms with Crippen molar-refractivity contribution in [2.75, 3.05) is 13.2 Å². The number of hydrogen-bond acceptors (Lipinski definition) is 4. The molecule has 1 heterocycles. The number of aromatic carboxylic acids is 1. The highest BCUT2D eigenvalue weighted by Gasteiger charge is 2.14. The van der Waals surface area contributed by atoms with Gasteiger partial charge in [-0.15, -0.1) is 0 Å². The van der Waals surface area contributed by atoms with Crippen LogP contribution in [0.3, 0.4) is 0 Å². The highest BCUT2D eigenvalue weighted by Crippen LogP contribution is 2.07. The first-order valence-electron chi connectivity index (χ1n) is 6.86. The molecule has 0 saturated carbocycles. The molecule has 1 aromatic rings. The molecular formula is C14H21NO5. The fourth-order valence-electron chi connectivity index (χ4n) is 1.50. The molecule has 1 rings (SSSR count). The van der Waals surface area contributed by atoms with E-state index in [9.17, 15) is 9.59 Å². The summed E-state index contributed by atoms with van der Waals surface area (Å²) in [7, 11) is 0. The molecular weight excluding hydrogens is 262 g/mol. The van der Waals surface area contributed by atoms with Gasteiger partial charge >= 0.3 is 5.97 Å². The molecule has 0 atom stereocenters. The minimum atomic E-state index is -1.21. The summed E-state index contributed by atoms with van der Waals surface area (Å²) >= 11 is 0. The van der Waals surface area contributed by atoms with Crippen LogP contribution in [0.15, 0.2) is 17.1 Å². The smallest absolute Gasteiger partial charge is 0.356 e. The molecule has 0 bridgehead atoms. The van der Waals surface area contributed by atoms with Crippen LogP contribution in [0.4, 0.5) is 0 Å². The summed E-state index contributed by atoms with van der Waals surface area (Å²) < 4.78 is 6.45. The van der Waals surface area contributed by atoms with Gasteiger partial charge in [-0.1, -0.05) is 26.7 Å². The molecule has 0 fully saturated rings. The molecule has 112 valence electrons. The second kappa shape index (κ2) is 8.24. The second-order valence-corrected chi connectivity index (χ2v) is 4.41. The zero-order valence-corrected chi connectivity index (χ0v) is 11.9. The summed E-state index contributed by atoms with van der Waals surface area (Å²) in [5, 5.41) is 9.07. The van der Waals surface area contributed by atoms with Crippen LogP contribution in [0.1, 0.15) is 50.0 Å². The molecule has 6 nitrogen and oxygen atoms in total. The van der Waals surface area contributed by atoms with Gasteiger partial charge in [-0.2, -0.15) is 4.73 Å². The number of carboxylic acid groups (broad SMARTS) is 1. The van der Waals surface area contributed by atoms with Gasteiger partial charge in [0.15, 0.2) is 11.4 Å². The van der Waals surface area contributed by atoms with Crippen molar-refractivity contribution in [2.24, 2.45) is 0 Å². The predicted octanol–water partition coefficient (Wildman–Crippen LogP) is 1.95. The van der Waals surface area contributed by atoms with Crippen LogP contribution in [0.5, 0.6) is 5.75 Å². The number of ether oxygens (including phenoxy) is 1. The van der Waals surface area contributed by atoms with Gasteiger partial charge < -0.3 is 14.7 Å². The molecule has 0 spiro atoms. The topological polar surface area (TPSA) is 77.8 Å². The summed E-state index contributed by atoms with van der Waals surface area (Å²) in [6, 6.07) is 1.02. The molecule has 1 aromatic heterocycles. The summed E-state index contributed by atoms with van der Waals surface area (Å²) in [5.74, 6) is -1.10. The van der Waals surface area contributed by atoms with Crippen molar-refractivity contribution in [2.45, 2.75) is 39.5 Å². The third kappa shape index (κ3) is 4.60. The lowest BCUT2D eigenvalue weighted by Crippen LogP contribution is -2.24. The van der Waals surface area contributed by atoms with Crippen LogP contribution in [-0.2, 0) is 0 Å². The summed E-state index contributed by atoms with van der Waals surface area (Å²) in [5.41, 5.74) is -0.650. The third-order valence-corrected chi connectivity index (χ3v) is 2.69. The average Bonchev–Trinajstić information content (AvgIpc) is 2.41. The van der Waals surface area contributed by atoms with Crippen molar-refractivity contribution < 1.29 is 19.5 Å². The molecule has 0 radical (unpaired) electrons. The van der Waals surface area contributed by atoms with Crippen LogP contribution in [0.25, 0.3) is 0 Å². The normalized spacial score (nSPS) is 10.3. The lowest BCUT2D eigenvalue weighted by molar-refractivity contribution is 0.0576. The zero-order chi connectivity index (χ0) is 15.0. The zero-order valence-electron chi connectivity index (χ0n) is 11.9. The molecule has 0 unspecified atom stereocenters. The minimum Gasteiger partial charge on any atom is -0.488 e. The van der Waals surface area contributed by atoms with E-state index in [1.54, 1.807) is 0 Å². The fraction of sp³-hybridized carbons (Fsp3) is 0.571. The van der Waals surface area contributed by atoms with Gasteiger partial charge in [0.2, 0.25) is 5.43 Å². The van der Waals surface area contributed by atoms with Crippen LogP contribution < -0.4 is 15.0 Å². The van der Waals surface area contributed by atoms with Gasteiger partial charge in [0, 0.05) is 6.07 Å².